The molecule has 0 aliphatic heterocycles. The Kier molecular flexibility index (Phi) is 5.90. The average molecular weight is 305 g/mol. The summed E-state index contributed by atoms with van der Waals surface area (Å²) in [6.07, 6.45) is 1.55. The summed E-state index contributed by atoms with van der Waals surface area (Å²) in [4.78, 5) is 8.33. The first-order valence-electron chi connectivity index (χ1n) is 5.21. The molecule has 1 atom stereocenters. The quantitative estimate of drug-likeness (QED) is 0.846. The van der Waals surface area contributed by atoms with Crippen molar-refractivity contribution in [2.45, 2.75) is 19.9 Å². The zero-order valence-corrected chi connectivity index (χ0v) is 12.2. The third-order valence-corrected chi connectivity index (χ3v) is 3.88. The molecule has 1 rings (SSSR count). The SMILES string of the molecule is CCSCC(C)Nc1ncnc(NC)c1Br. The molecule has 0 aliphatic carbocycles. The summed E-state index contributed by atoms with van der Waals surface area (Å²) < 4.78 is 0.880. The number of anilines is 2. The van der Waals surface area contributed by atoms with E-state index < -0.39 is 0 Å². The zero-order chi connectivity index (χ0) is 12.0. The van der Waals surface area contributed by atoms with Gasteiger partial charge in [0, 0.05) is 18.8 Å². The van der Waals surface area contributed by atoms with Gasteiger partial charge >= 0.3 is 0 Å². The summed E-state index contributed by atoms with van der Waals surface area (Å²) in [6.45, 7) is 4.31. The first kappa shape index (κ1) is 13.6. The summed E-state index contributed by atoms with van der Waals surface area (Å²) in [5, 5.41) is 6.37. The molecule has 1 aromatic rings. The lowest BCUT2D eigenvalue weighted by Gasteiger charge is -2.15. The van der Waals surface area contributed by atoms with Crippen molar-refractivity contribution in [1.29, 1.82) is 0 Å². The van der Waals surface area contributed by atoms with E-state index in [2.05, 4.69) is 50.4 Å². The Morgan fingerprint density at radius 2 is 2.12 bits per heavy atom. The predicted molar refractivity (Wildman–Crippen MR) is 75.4 cm³/mol. The van der Waals surface area contributed by atoms with Crippen LogP contribution < -0.4 is 10.6 Å². The Morgan fingerprint density at radius 3 is 2.75 bits per heavy atom. The molecule has 0 fully saturated rings. The maximum atomic E-state index is 4.22. The van der Waals surface area contributed by atoms with Crippen LogP contribution in [0.4, 0.5) is 11.6 Å². The van der Waals surface area contributed by atoms with E-state index in [1.54, 1.807) is 6.33 Å². The third kappa shape index (κ3) is 3.83. The number of thioether (sulfide) groups is 1. The van der Waals surface area contributed by atoms with Crippen molar-refractivity contribution < 1.29 is 0 Å². The van der Waals surface area contributed by atoms with Crippen LogP contribution in [0.25, 0.3) is 0 Å². The molecule has 16 heavy (non-hydrogen) atoms. The molecule has 2 N–H and O–H groups in total. The van der Waals surface area contributed by atoms with E-state index in [0.29, 0.717) is 6.04 Å². The van der Waals surface area contributed by atoms with Gasteiger partial charge in [0.1, 0.15) is 22.4 Å². The second-order valence-corrected chi connectivity index (χ2v) is 5.45. The Morgan fingerprint density at radius 1 is 1.44 bits per heavy atom. The van der Waals surface area contributed by atoms with E-state index in [4.69, 9.17) is 0 Å². The number of hydrogen-bond acceptors (Lipinski definition) is 5. The molecule has 0 aliphatic rings. The van der Waals surface area contributed by atoms with Crippen LogP contribution in [0.3, 0.4) is 0 Å². The molecule has 0 amide bonds. The topological polar surface area (TPSA) is 49.8 Å². The van der Waals surface area contributed by atoms with E-state index in [9.17, 15) is 0 Å². The molecular weight excluding hydrogens is 288 g/mol. The number of nitrogens with one attached hydrogen (secondary N) is 2. The summed E-state index contributed by atoms with van der Waals surface area (Å²) in [5.74, 6) is 3.84. The highest BCUT2D eigenvalue weighted by molar-refractivity contribution is 9.10. The van der Waals surface area contributed by atoms with E-state index >= 15 is 0 Å². The fourth-order valence-corrected chi connectivity index (χ4v) is 2.40. The number of hydrogen-bond donors (Lipinski definition) is 2. The van der Waals surface area contributed by atoms with Gasteiger partial charge in [-0.2, -0.15) is 11.8 Å². The largest absolute Gasteiger partial charge is 0.372 e. The highest BCUT2D eigenvalue weighted by Crippen LogP contribution is 2.26. The normalized spacial score (nSPS) is 12.2. The van der Waals surface area contributed by atoms with Gasteiger partial charge in [0.2, 0.25) is 0 Å². The lowest BCUT2D eigenvalue weighted by Crippen LogP contribution is -2.19. The maximum Gasteiger partial charge on any atom is 0.146 e. The first-order chi connectivity index (χ1) is 7.69. The van der Waals surface area contributed by atoms with Crippen molar-refractivity contribution >= 4 is 39.3 Å². The van der Waals surface area contributed by atoms with Gasteiger partial charge in [0.15, 0.2) is 0 Å². The van der Waals surface area contributed by atoms with Gasteiger partial charge in [-0.1, -0.05) is 6.92 Å². The standard InChI is InChI=1S/C10H17BrN4S/c1-4-16-5-7(2)15-10-8(11)9(12-3)13-6-14-10/h6-7H,4-5H2,1-3H3,(H2,12,13,14,15). The van der Waals surface area contributed by atoms with Crippen LogP contribution in [0.5, 0.6) is 0 Å². The first-order valence-corrected chi connectivity index (χ1v) is 7.16. The summed E-state index contributed by atoms with van der Waals surface area (Å²) in [7, 11) is 1.84. The number of aromatic nitrogens is 2. The molecule has 0 saturated heterocycles. The molecule has 90 valence electrons. The Balaban J connectivity index is 2.66. The monoisotopic (exact) mass is 304 g/mol. The number of nitrogens with zero attached hydrogens (tertiary/aromatic N) is 2. The highest BCUT2D eigenvalue weighted by Gasteiger charge is 2.09. The van der Waals surface area contributed by atoms with E-state index in [-0.39, 0.29) is 0 Å². The van der Waals surface area contributed by atoms with Gasteiger partial charge < -0.3 is 10.6 Å². The van der Waals surface area contributed by atoms with Crippen LogP contribution >= 0.6 is 27.7 Å². The molecule has 0 radical (unpaired) electrons. The van der Waals surface area contributed by atoms with Gasteiger partial charge in [-0.25, -0.2) is 9.97 Å². The minimum absolute atomic E-state index is 0.390. The van der Waals surface area contributed by atoms with Gasteiger partial charge in [-0.15, -0.1) is 0 Å². The van der Waals surface area contributed by atoms with Gasteiger partial charge in [0.05, 0.1) is 0 Å². The second kappa shape index (κ2) is 6.96. The van der Waals surface area contributed by atoms with E-state index in [1.807, 2.05) is 18.8 Å². The fraction of sp³-hybridized carbons (Fsp3) is 0.600. The van der Waals surface area contributed by atoms with Crippen molar-refractivity contribution in [3.8, 4) is 0 Å². The average Bonchev–Trinajstić information content (AvgIpc) is 2.29. The molecule has 6 heteroatoms. The minimum Gasteiger partial charge on any atom is -0.372 e. The van der Waals surface area contributed by atoms with Crippen LogP contribution in [0.2, 0.25) is 0 Å². The molecule has 0 bridgehead atoms. The van der Waals surface area contributed by atoms with Crippen molar-refractivity contribution in [3.05, 3.63) is 10.8 Å². The van der Waals surface area contributed by atoms with Crippen molar-refractivity contribution in [1.82, 2.24) is 9.97 Å². The lowest BCUT2D eigenvalue weighted by atomic mass is 10.4. The van der Waals surface area contributed by atoms with Crippen LogP contribution in [-0.2, 0) is 0 Å². The summed E-state index contributed by atoms with van der Waals surface area (Å²) in [5.41, 5.74) is 0. The zero-order valence-electron chi connectivity index (χ0n) is 9.75. The molecule has 0 aromatic carbocycles. The second-order valence-electron chi connectivity index (χ2n) is 3.34. The summed E-state index contributed by atoms with van der Waals surface area (Å²) in [6, 6.07) is 0.390. The summed E-state index contributed by atoms with van der Waals surface area (Å²) >= 11 is 5.40. The molecule has 1 aromatic heterocycles. The van der Waals surface area contributed by atoms with Crippen LogP contribution in [0, 0.1) is 0 Å². The third-order valence-electron chi connectivity index (χ3n) is 1.98. The molecule has 1 unspecified atom stereocenters. The van der Waals surface area contributed by atoms with Gasteiger partial charge in [-0.05, 0) is 28.6 Å². The fourth-order valence-electron chi connectivity index (χ4n) is 1.21. The van der Waals surface area contributed by atoms with Crippen molar-refractivity contribution in [3.63, 3.8) is 0 Å². The molecule has 4 nitrogen and oxygen atoms in total. The maximum absolute atomic E-state index is 4.22. The number of halogens is 1. The highest BCUT2D eigenvalue weighted by atomic mass is 79.9. The van der Waals surface area contributed by atoms with Crippen LogP contribution in [0.15, 0.2) is 10.8 Å². The van der Waals surface area contributed by atoms with Gasteiger partial charge in [-0.3, -0.25) is 0 Å². The Labute approximate surface area is 109 Å². The smallest absolute Gasteiger partial charge is 0.146 e. The van der Waals surface area contributed by atoms with E-state index in [1.165, 1.54) is 0 Å². The van der Waals surface area contributed by atoms with Crippen LogP contribution in [-0.4, -0.2) is 34.6 Å². The molecule has 0 spiro atoms. The van der Waals surface area contributed by atoms with Crippen LogP contribution in [0.1, 0.15) is 13.8 Å². The van der Waals surface area contributed by atoms with Crippen molar-refractivity contribution in [2.75, 3.05) is 29.2 Å². The molecular formula is C10H17BrN4S. The lowest BCUT2D eigenvalue weighted by molar-refractivity contribution is 0.896. The molecule has 0 saturated carbocycles. The molecule has 1 heterocycles. The van der Waals surface area contributed by atoms with Gasteiger partial charge in [0.25, 0.3) is 0 Å². The Bertz CT molecular complexity index is 335. The Hall–Kier alpha value is -0.490. The van der Waals surface area contributed by atoms with E-state index in [0.717, 1.165) is 27.6 Å². The minimum atomic E-state index is 0.390. The van der Waals surface area contributed by atoms with Crippen molar-refractivity contribution in [2.24, 2.45) is 0 Å². The number of rotatable bonds is 6. The predicted octanol–water partition coefficient (Wildman–Crippen LogP) is 2.83.